The SMILES string of the molecule is Cc1ccc(NC(=O)C2CCN(S(=O)(=O)c3cc4c(cc3Cl)NC(=O)CO4)CC2)cc1F. The van der Waals surface area contributed by atoms with Crippen LogP contribution in [0.2, 0.25) is 5.02 Å². The van der Waals surface area contributed by atoms with Gasteiger partial charge in [0.15, 0.2) is 6.61 Å². The highest BCUT2D eigenvalue weighted by atomic mass is 35.5. The lowest BCUT2D eigenvalue weighted by Crippen LogP contribution is -2.41. The van der Waals surface area contributed by atoms with E-state index >= 15 is 0 Å². The Balaban J connectivity index is 1.44. The van der Waals surface area contributed by atoms with Gasteiger partial charge in [-0.1, -0.05) is 17.7 Å². The molecule has 170 valence electrons. The van der Waals surface area contributed by atoms with E-state index < -0.39 is 21.8 Å². The van der Waals surface area contributed by atoms with Crippen molar-refractivity contribution in [3.8, 4) is 5.75 Å². The van der Waals surface area contributed by atoms with Crippen molar-refractivity contribution in [2.75, 3.05) is 30.3 Å². The van der Waals surface area contributed by atoms with Crippen molar-refractivity contribution in [1.29, 1.82) is 0 Å². The van der Waals surface area contributed by atoms with E-state index in [4.69, 9.17) is 16.3 Å². The molecule has 1 fully saturated rings. The first kappa shape index (κ1) is 22.5. The minimum atomic E-state index is -3.93. The molecular weight excluding hydrogens is 461 g/mol. The summed E-state index contributed by atoms with van der Waals surface area (Å²) >= 11 is 6.20. The number of carbonyl (C=O) groups is 2. The quantitative estimate of drug-likeness (QED) is 0.698. The van der Waals surface area contributed by atoms with E-state index in [0.717, 1.165) is 0 Å². The minimum Gasteiger partial charge on any atom is -0.482 e. The molecule has 0 spiro atoms. The van der Waals surface area contributed by atoms with Crippen LogP contribution in [-0.4, -0.2) is 44.2 Å². The molecule has 2 amide bonds. The van der Waals surface area contributed by atoms with Crippen LogP contribution in [0.3, 0.4) is 0 Å². The van der Waals surface area contributed by atoms with Gasteiger partial charge in [0.2, 0.25) is 15.9 Å². The van der Waals surface area contributed by atoms with Crippen LogP contribution in [0, 0.1) is 18.7 Å². The molecular formula is C21H21ClFN3O5S. The Hall–Kier alpha value is -2.69. The van der Waals surface area contributed by atoms with E-state index in [1.165, 1.54) is 22.5 Å². The number of sulfonamides is 1. The number of piperidine rings is 1. The number of carbonyl (C=O) groups excluding carboxylic acids is 2. The van der Waals surface area contributed by atoms with E-state index in [2.05, 4.69) is 10.6 Å². The number of halogens is 2. The monoisotopic (exact) mass is 481 g/mol. The van der Waals surface area contributed by atoms with Gasteiger partial charge in [0, 0.05) is 30.8 Å². The van der Waals surface area contributed by atoms with Crippen LogP contribution in [0.15, 0.2) is 35.2 Å². The Morgan fingerprint density at radius 1 is 1.25 bits per heavy atom. The first-order chi connectivity index (χ1) is 15.1. The van der Waals surface area contributed by atoms with E-state index in [1.807, 2.05) is 0 Å². The molecule has 0 unspecified atom stereocenters. The summed E-state index contributed by atoms with van der Waals surface area (Å²) in [5.41, 5.74) is 1.16. The number of fused-ring (bicyclic) bond motifs is 1. The average molecular weight is 482 g/mol. The molecule has 4 rings (SSSR count). The summed E-state index contributed by atoms with van der Waals surface area (Å²) < 4.78 is 46.6. The summed E-state index contributed by atoms with van der Waals surface area (Å²) in [5, 5.41) is 5.24. The lowest BCUT2D eigenvalue weighted by atomic mass is 9.97. The number of hydrogen-bond acceptors (Lipinski definition) is 5. The van der Waals surface area contributed by atoms with Crippen LogP contribution < -0.4 is 15.4 Å². The number of hydrogen-bond donors (Lipinski definition) is 2. The Kier molecular flexibility index (Phi) is 6.11. The highest BCUT2D eigenvalue weighted by Gasteiger charge is 2.34. The highest BCUT2D eigenvalue weighted by Crippen LogP contribution is 2.37. The highest BCUT2D eigenvalue weighted by molar-refractivity contribution is 7.89. The molecule has 2 aliphatic heterocycles. The van der Waals surface area contributed by atoms with Crippen molar-refractivity contribution in [1.82, 2.24) is 4.31 Å². The van der Waals surface area contributed by atoms with Crippen LogP contribution >= 0.6 is 11.6 Å². The molecule has 0 aromatic heterocycles. The molecule has 2 N–H and O–H groups in total. The molecule has 11 heteroatoms. The molecule has 0 saturated carbocycles. The van der Waals surface area contributed by atoms with Crippen LogP contribution in [0.4, 0.5) is 15.8 Å². The van der Waals surface area contributed by atoms with Crippen molar-refractivity contribution < 1.29 is 27.1 Å². The summed E-state index contributed by atoms with van der Waals surface area (Å²) in [4.78, 5) is 23.9. The number of anilines is 2. The fourth-order valence-electron chi connectivity index (χ4n) is 3.69. The zero-order valence-corrected chi connectivity index (χ0v) is 18.7. The van der Waals surface area contributed by atoms with Crippen molar-refractivity contribution in [3.63, 3.8) is 0 Å². The molecule has 0 aliphatic carbocycles. The Morgan fingerprint density at radius 3 is 2.66 bits per heavy atom. The third-order valence-electron chi connectivity index (χ3n) is 5.55. The number of amides is 2. The van der Waals surface area contributed by atoms with E-state index in [1.54, 1.807) is 19.1 Å². The fourth-order valence-corrected chi connectivity index (χ4v) is 5.68. The maximum absolute atomic E-state index is 13.7. The van der Waals surface area contributed by atoms with Gasteiger partial charge in [0.25, 0.3) is 5.91 Å². The van der Waals surface area contributed by atoms with Gasteiger partial charge in [-0.05, 0) is 43.5 Å². The molecule has 0 radical (unpaired) electrons. The van der Waals surface area contributed by atoms with Crippen LogP contribution in [0.1, 0.15) is 18.4 Å². The van der Waals surface area contributed by atoms with Gasteiger partial charge in [-0.3, -0.25) is 9.59 Å². The van der Waals surface area contributed by atoms with Crippen molar-refractivity contribution in [3.05, 3.63) is 46.7 Å². The number of nitrogens with zero attached hydrogens (tertiary/aromatic N) is 1. The zero-order valence-electron chi connectivity index (χ0n) is 17.2. The maximum atomic E-state index is 13.7. The van der Waals surface area contributed by atoms with Gasteiger partial charge in [-0.15, -0.1) is 0 Å². The van der Waals surface area contributed by atoms with Crippen molar-refractivity contribution >= 4 is 44.8 Å². The summed E-state index contributed by atoms with van der Waals surface area (Å²) in [7, 11) is -3.93. The van der Waals surface area contributed by atoms with Crippen LogP contribution in [0.5, 0.6) is 5.75 Å². The Morgan fingerprint density at radius 2 is 1.97 bits per heavy atom. The summed E-state index contributed by atoms with van der Waals surface area (Å²) in [6.45, 7) is 1.69. The first-order valence-corrected chi connectivity index (χ1v) is 11.8. The summed E-state index contributed by atoms with van der Waals surface area (Å²) in [6, 6.07) is 7.12. The molecule has 1 saturated heterocycles. The normalized spacial score (nSPS) is 17.3. The molecule has 8 nitrogen and oxygen atoms in total. The second kappa shape index (κ2) is 8.68. The number of aryl methyl sites for hydroxylation is 1. The van der Waals surface area contributed by atoms with Gasteiger partial charge in [-0.25, -0.2) is 12.8 Å². The Bertz CT molecular complexity index is 1200. The smallest absolute Gasteiger partial charge is 0.262 e. The average Bonchev–Trinajstić information content (AvgIpc) is 2.75. The predicted molar refractivity (Wildman–Crippen MR) is 117 cm³/mol. The second-order valence-electron chi connectivity index (χ2n) is 7.75. The third-order valence-corrected chi connectivity index (χ3v) is 7.91. The fraction of sp³-hybridized carbons (Fsp3) is 0.333. The third kappa shape index (κ3) is 4.43. The molecule has 2 aromatic carbocycles. The summed E-state index contributed by atoms with van der Waals surface area (Å²) in [5.74, 6) is -1.20. The molecule has 2 heterocycles. The molecule has 2 aromatic rings. The molecule has 2 aliphatic rings. The van der Waals surface area contributed by atoms with Gasteiger partial charge in [-0.2, -0.15) is 4.31 Å². The van der Waals surface area contributed by atoms with Crippen LogP contribution in [0.25, 0.3) is 0 Å². The van der Waals surface area contributed by atoms with E-state index in [-0.39, 0.29) is 47.2 Å². The second-order valence-corrected chi connectivity index (χ2v) is 10.1. The van der Waals surface area contributed by atoms with E-state index in [0.29, 0.717) is 29.8 Å². The zero-order chi connectivity index (χ0) is 23.0. The number of nitrogens with one attached hydrogen (secondary N) is 2. The molecule has 0 atom stereocenters. The van der Waals surface area contributed by atoms with Crippen molar-refractivity contribution in [2.45, 2.75) is 24.7 Å². The summed E-state index contributed by atoms with van der Waals surface area (Å²) in [6.07, 6.45) is 0.628. The minimum absolute atomic E-state index is 0.0317. The van der Waals surface area contributed by atoms with E-state index in [9.17, 15) is 22.4 Å². The number of rotatable bonds is 4. The Labute approximate surface area is 189 Å². The molecule has 32 heavy (non-hydrogen) atoms. The largest absolute Gasteiger partial charge is 0.482 e. The number of benzene rings is 2. The number of ether oxygens (including phenoxy) is 1. The van der Waals surface area contributed by atoms with Gasteiger partial charge in [0.1, 0.15) is 16.5 Å². The van der Waals surface area contributed by atoms with Gasteiger partial charge in [0.05, 0.1) is 10.7 Å². The van der Waals surface area contributed by atoms with Crippen molar-refractivity contribution in [2.24, 2.45) is 5.92 Å². The maximum Gasteiger partial charge on any atom is 0.262 e. The lowest BCUT2D eigenvalue weighted by molar-refractivity contribution is -0.121. The van der Waals surface area contributed by atoms with Crippen LogP contribution in [-0.2, 0) is 19.6 Å². The van der Waals surface area contributed by atoms with Gasteiger partial charge < -0.3 is 15.4 Å². The topological polar surface area (TPSA) is 105 Å². The molecule has 0 bridgehead atoms. The van der Waals surface area contributed by atoms with Gasteiger partial charge >= 0.3 is 0 Å². The predicted octanol–water partition coefficient (Wildman–Crippen LogP) is 3.16. The standard InChI is InChI=1S/C21H21ClFN3O5S/c1-12-2-3-14(8-16(12)23)24-21(28)13-4-6-26(7-5-13)32(29,30)19-10-18-17(9-15(19)22)25-20(27)11-31-18/h2-3,8-10,13H,4-7,11H2,1H3,(H,24,28)(H,25,27). The lowest BCUT2D eigenvalue weighted by Gasteiger charge is -2.31. The first-order valence-electron chi connectivity index (χ1n) is 9.98.